The molecule has 0 unspecified atom stereocenters. The molecule has 6 heteroatoms. The normalized spacial score (nSPS) is 12.1. The van der Waals surface area contributed by atoms with Crippen LogP contribution in [0.25, 0.3) is 0 Å². The molecule has 0 aliphatic rings. The number of sulfonamides is 1. The number of nitrogens with zero attached hydrogens (tertiary/aromatic N) is 1. The van der Waals surface area contributed by atoms with Gasteiger partial charge in [-0.15, -0.1) is 0 Å². The molecule has 0 spiro atoms. The summed E-state index contributed by atoms with van der Waals surface area (Å²) < 4.78 is 27.1. The Hall–Kier alpha value is -1.03. The van der Waals surface area contributed by atoms with Gasteiger partial charge in [-0.2, -0.15) is 17.0 Å². The number of rotatable bonds is 7. The van der Waals surface area contributed by atoms with Crippen molar-refractivity contribution in [2.45, 2.75) is 36.3 Å². The molecular weight excluding hydrogens is 292 g/mol. The summed E-state index contributed by atoms with van der Waals surface area (Å²) in [5, 5.41) is 8.72. The fraction of sp³-hybridized carbons (Fsp3) is 0.500. The minimum Gasteiger partial charge on any atom is -0.210 e. The van der Waals surface area contributed by atoms with E-state index in [2.05, 4.69) is 18.6 Å². The van der Waals surface area contributed by atoms with Gasteiger partial charge in [0.25, 0.3) is 0 Å². The lowest BCUT2D eigenvalue weighted by Gasteiger charge is -2.29. The van der Waals surface area contributed by atoms with Crippen LogP contribution in [-0.2, 0) is 10.0 Å². The summed E-state index contributed by atoms with van der Waals surface area (Å²) in [5.74, 6) is 0. The molecule has 0 saturated heterocycles. The minimum absolute atomic E-state index is 0.0698. The SMILES string of the molecule is CCC(CC)(CNS(=O)(=O)c1ccc(C#N)cc1)SC. The number of hydrogen-bond donors (Lipinski definition) is 1. The Labute approximate surface area is 125 Å². The van der Waals surface area contributed by atoms with Crippen LogP contribution in [0.4, 0.5) is 0 Å². The average molecular weight is 312 g/mol. The highest BCUT2D eigenvalue weighted by Gasteiger charge is 2.27. The van der Waals surface area contributed by atoms with Crippen LogP contribution in [0, 0.1) is 11.3 Å². The first-order valence-corrected chi connectivity index (χ1v) is 9.19. The molecule has 0 amide bonds. The monoisotopic (exact) mass is 312 g/mol. The molecule has 1 rings (SSSR count). The fourth-order valence-electron chi connectivity index (χ4n) is 1.88. The second kappa shape index (κ2) is 7.11. The zero-order chi connectivity index (χ0) is 15.2. The maximum atomic E-state index is 12.2. The third kappa shape index (κ3) is 3.98. The van der Waals surface area contributed by atoms with E-state index in [0.29, 0.717) is 12.1 Å². The highest BCUT2D eigenvalue weighted by molar-refractivity contribution is 8.00. The van der Waals surface area contributed by atoms with E-state index in [0.717, 1.165) is 12.8 Å². The molecule has 0 radical (unpaired) electrons. The van der Waals surface area contributed by atoms with Crippen molar-refractivity contribution < 1.29 is 8.42 Å². The largest absolute Gasteiger partial charge is 0.240 e. The summed E-state index contributed by atoms with van der Waals surface area (Å²) in [4.78, 5) is 0.193. The van der Waals surface area contributed by atoms with E-state index in [4.69, 9.17) is 5.26 Å². The molecule has 0 heterocycles. The highest BCUT2D eigenvalue weighted by Crippen LogP contribution is 2.30. The summed E-state index contributed by atoms with van der Waals surface area (Å²) in [6, 6.07) is 7.91. The number of benzene rings is 1. The second-order valence-corrected chi connectivity index (χ2v) is 7.60. The van der Waals surface area contributed by atoms with Gasteiger partial charge in [0, 0.05) is 11.3 Å². The lowest BCUT2D eigenvalue weighted by Crippen LogP contribution is -2.39. The lowest BCUT2D eigenvalue weighted by atomic mass is 10.0. The van der Waals surface area contributed by atoms with Gasteiger partial charge in [-0.05, 0) is 43.4 Å². The van der Waals surface area contributed by atoms with Crippen molar-refractivity contribution in [3.63, 3.8) is 0 Å². The summed E-state index contributed by atoms with van der Waals surface area (Å²) in [6.45, 7) is 4.54. The molecule has 0 saturated carbocycles. The van der Waals surface area contributed by atoms with Crippen molar-refractivity contribution in [1.82, 2.24) is 4.72 Å². The first-order chi connectivity index (χ1) is 9.43. The zero-order valence-corrected chi connectivity index (χ0v) is 13.6. The predicted octanol–water partition coefficient (Wildman–Crippen LogP) is 2.76. The van der Waals surface area contributed by atoms with Crippen LogP contribution >= 0.6 is 11.8 Å². The van der Waals surface area contributed by atoms with E-state index in [9.17, 15) is 8.42 Å². The van der Waals surface area contributed by atoms with Crippen LogP contribution in [0.1, 0.15) is 32.3 Å². The Morgan fingerprint density at radius 1 is 1.25 bits per heavy atom. The quantitative estimate of drug-likeness (QED) is 0.840. The molecule has 0 atom stereocenters. The van der Waals surface area contributed by atoms with Crippen LogP contribution in [0.3, 0.4) is 0 Å². The first kappa shape index (κ1) is 17.0. The van der Waals surface area contributed by atoms with E-state index in [1.165, 1.54) is 24.3 Å². The molecule has 0 aliphatic heterocycles. The maximum Gasteiger partial charge on any atom is 0.240 e. The number of hydrogen-bond acceptors (Lipinski definition) is 4. The van der Waals surface area contributed by atoms with Crippen molar-refractivity contribution in [1.29, 1.82) is 5.26 Å². The van der Waals surface area contributed by atoms with Gasteiger partial charge in [0.15, 0.2) is 0 Å². The van der Waals surface area contributed by atoms with Crippen LogP contribution in [-0.4, -0.2) is 26.0 Å². The average Bonchev–Trinajstić information content (AvgIpc) is 2.49. The van der Waals surface area contributed by atoms with Crippen LogP contribution in [0.2, 0.25) is 0 Å². The van der Waals surface area contributed by atoms with Crippen LogP contribution < -0.4 is 4.72 Å². The molecule has 20 heavy (non-hydrogen) atoms. The van der Waals surface area contributed by atoms with E-state index < -0.39 is 10.0 Å². The van der Waals surface area contributed by atoms with E-state index in [-0.39, 0.29) is 9.64 Å². The summed E-state index contributed by atoms with van der Waals surface area (Å²) in [6.07, 6.45) is 3.81. The topological polar surface area (TPSA) is 70.0 Å². The van der Waals surface area contributed by atoms with Gasteiger partial charge in [-0.1, -0.05) is 13.8 Å². The Morgan fingerprint density at radius 3 is 2.20 bits per heavy atom. The van der Waals surface area contributed by atoms with Crippen molar-refractivity contribution >= 4 is 21.8 Å². The van der Waals surface area contributed by atoms with Gasteiger partial charge >= 0.3 is 0 Å². The Bertz CT molecular complexity index is 562. The van der Waals surface area contributed by atoms with Crippen molar-refractivity contribution in [3.8, 4) is 6.07 Å². The maximum absolute atomic E-state index is 12.2. The van der Waals surface area contributed by atoms with Crippen molar-refractivity contribution in [2.24, 2.45) is 0 Å². The molecule has 4 nitrogen and oxygen atoms in total. The summed E-state index contributed by atoms with van der Waals surface area (Å²) >= 11 is 1.69. The summed E-state index contributed by atoms with van der Waals surface area (Å²) in [5.41, 5.74) is 0.449. The van der Waals surface area contributed by atoms with Crippen LogP contribution in [0.15, 0.2) is 29.2 Å². The Kier molecular flexibility index (Phi) is 6.06. The third-order valence-corrected chi connectivity index (χ3v) is 6.60. The molecule has 0 aliphatic carbocycles. The Morgan fingerprint density at radius 2 is 1.80 bits per heavy atom. The first-order valence-electron chi connectivity index (χ1n) is 6.48. The van der Waals surface area contributed by atoms with Gasteiger partial charge in [0.1, 0.15) is 0 Å². The molecule has 0 aromatic heterocycles. The number of thioether (sulfide) groups is 1. The van der Waals surface area contributed by atoms with Crippen molar-refractivity contribution in [2.75, 3.05) is 12.8 Å². The van der Waals surface area contributed by atoms with Crippen molar-refractivity contribution in [3.05, 3.63) is 29.8 Å². The molecule has 1 aromatic carbocycles. The predicted molar refractivity (Wildman–Crippen MR) is 83.2 cm³/mol. The molecule has 110 valence electrons. The van der Waals surface area contributed by atoms with E-state index >= 15 is 0 Å². The smallest absolute Gasteiger partial charge is 0.210 e. The lowest BCUT2D eigenvalue weighted by molar-refractivity contribution is 0.522. The number of nitriles is 1. The zero-order valence-electron chi connectivity index (χ0n) is 12.0. The third-order valence-electron chi connectivity index (χ3n) is 3.60. The van der Waals surface area contributed by atoms with Gasteiger partial charge < -0.3 is 0 Å². The van der Waals surface area contributed by atoms with E-state index in [1.54, 1.807) is 11.8 Å². The molecule has 1 aromatic rings. The van der Waals surface area contributed by atoms with Gasteiger partial charge in [0.2, 0.25) is 10.0 Å². The van der Waals surface area contributed by atoms with Gasteiger partial charge in [-0.25, -0.2) is 13.1 Å². The van der Waals surface area contributed by atoms with E-state index in [1.807, 2.05) is 12.3 Å². The summed E-state index contributed by atoms with van der Waals surface area (Å²) in [7, 11) is -3.52. The fourth-order valence-corrected chi connectivity index (χ4v) is 3.89. The Balaban J connectivity index is 2.87. The minimum atomic E-state index is -3.52. The molecular formula is C14H20N2O2S2. The van der Waals surface area contributed by atoms with Gasteiger partial charge in [-0.3, -0.25) is 0 Å². The molecule has 1 N–H and O–H groups in total. The van der Waals surface area contributed by atoms with Crippen LogP contribution in [0.5, 0.6) is 0 Å². The second-order valence-electron chi connectivity index (χ2n) is 4.55. The van der Waals surface area contributed by atoms with Gasteiger partial charge in [0.05, 0.1) is 16.5 Å². The highest BCUT2D eigenvalue weighted by atomic mass is 32.2. The number of nitrogens with one attached hydrogen (secondary N) is 1. The molecule has 0 fully saturated rings. The molecule has 0 bridgehead atoms. The standard InChI is InChI=1S/C14H20N2O2S2/c1-4-14(5-2,19-3)11-16-20(17,18)13-8-6-12(10-15)7-9-13/h6-9,16H,4-5,11H2,1-3H3.